The summed E-state index contributed by atoms with van der Waals surface area (Å²) in [5.74, 6) is 0.288. The van der Waals surface area contributed by atoms with E-state index in [0.717, 1.165) is 23.3 Å². The van der Waals surface area contributed by atoms with Crippen molar-refractivity contribution in [3.8, 4) is 0 Å². The first-order valence-electron chi connectivity index (χ1n) is 8.52. The van der Waals surface area contributed by atoms with Crippen molar-refractivity contribution < 1.29 is 19.4 Å². The van der Waals surface area contributed by atoms with Crippen molar-refractivity contribution in [3.05, 3.63) is 34.6 Å². The molecule has 0 aromatic rings. The van der Waals surface area contributed by atoms with Gasteiger partial charge in [-0.1, -0.05) is 13.8 Å². The van der Waals surface area contributed by atoms with E-state index < -0.39 is 0 Å². The van der Waals surface area contributed by atoms with Gasteiger partial charge in [-0.25, -0.2) is 0 Å². The van der Waals surface area contributed by atoms with Gasteiger partial charge < -0.3 is 19.5 Å². The summed E-state index contributed by atoms with van der Waals surface area (Å²) in [5, 5.41) is 9.11. The van der Waals surface area contributed by atoms with Gasteiger partial charge >= 0.3 is 0 Å². The lowest BCUT2D eigenvalue weighted by molar-refractivity contribution is -0.123. The number of carbonyl (C=O) groups is 1. The van der Waals surface area contributed by atoms with Gasteiger partial charge in [-0.15, -0.1) is 0 Å². The number of nitrogens with zero attached hydrogens (tertiary/aromatic N) is 1. The van der Waals surface area contributed by atoms with Gasteiger partial charge in [0.15, 0.2) is 0 Å². The van der Waals surface area contributed by atoms with Crippen LogP contribution in [0.1, 0.15) is 27.2 Å². The average Bonchev–Trinajstić information content (AvgIpc) is 2.77. The molecule has 1 aliphatic heterocycles. The summed E-state index contributed by atoms with van der Waals surface area (Å²) < 4.78 is 11.5. The standard InChI is InChI=1S/C19H27NO4/c1-11-14-10-19(3)12(2)17(24-7-6-21)16(23-5)9-13(19)8-15(14)20(4)18(11)22/h8-9,12,16-17,21H,6-7,10H2,1-5H3/t12-,16+,17+,19+/m0/s1. The van der Waals surface area contributed by atoms with Crippen molar-refractivity contribution in [3.63, 3.8) is 0 Å². The zero-order valence-electron chi connectivity index (χ0n) is 15.1. The van der Waals surface area contributed by atoms with E-state index in [2.05, 4.69) is 26.0 Å². The van der Waals surface area contributed by atoms with E-state index in [-0.39, 0.29) is 36.1 Å². The van der Waals surface area contributed by atoms with E-state index in [4.69, 9.17) is 14.6 Å². The Labute approximate surface area is 143 Å². The summed E-state index contributed by atoms with van der Waals surface area (Å²) in [7, 11) is 3.52. The Morgan fingerprint density at radius 1 is 1.46 bits per heavy atom. The second kappa shape index (κ2) is 6.14. The van der Waals surface area contributed by atoms with Gasteiger partial charge in [-0.05, 0) is 42.6 Å². The van der Waals surface area contributed by atoms with Crippen LogP contribution in [-0.2, 0) is 14.3 Å². The van der Waals surface area contributed by atoms with E-state index in [1.165, 1.54) is 5.57 Å². The lowest BCUT2D eigenvalue weighted by Gasteiger charge is -2.49. The first-order valence-corrected chi connectivity index (χ1v) is 8.52. The van der Waals surface area contributed by atoms with Gasteiger partial charge in [0.1, 0.15) is 6.10 Å². The summed E-state index contributed by atoms with van der Waals surface area (Å²) in [5.41, 5.74) is 4.10. The van der Waals surface area contributed by atoms with E-state index in [0.29, 0.717) is 6.61 Å². The predicted octanol–water partition coefficient (Wildman–Crippen LogP) is 2.04. The van der Waals surface area contributed by atoms with Crippen molar-refractivity contribution in [1.82, 2.24) is 4.90 Å². The van der Waals surface area contributed by atoms with Crippen LogP contribution in [-0.4, -0.2) is 55.5 Å². The van der Waals surface area contributed by atoms with Gasteiger partial charge in [-0.3, -0.25) is 4.79 Å². The second-order valence-electron chi connectivity index (χ2n) is 7.26. The number of methoxy groups -OCH3 is 1. The summed E-state index contributed by atoms with van der Waals surface area (Å²) in [6, 6.07) is 0. The molecule has 2 aliphatic carbocycles. The van der Waals surface area contributed by atoms with Crippen LogP contribution in [0.2, 0.25) is 0 Å². The van der Waals surface area contributed by atoms with Crippen LogP contribution in [0.25, 0.3) is 0 Å². The Morgan fingerprint density at radius 3 is 2.79 bits per heavy atom. The molecule has 0 aromatic heterocycles. The first-order chi connectivity index (χ1) is 11.3. The molecule has 3 rings (SSSR count). The number of allylic oxidation sites excluding steroid dienone is 3. The highest BCUT2D eigenvalue weighted by Gasteiger charge is 2.50. The lowest BCUT2D eigenvalue weighted by atomic mass is 9.59. The fourth-order valence-corrected chi connectivity index (χ4v) is 4.28. The molecule has 1 heterocycles. The monoisotopic (exact) mass is 333 g/mol. The van der Waals surface area contributed by atoms with Crippen LogP contribution in [0.3, 0.4) is 0 Å². The van der Waals surface area contributed by atoms with Crippen LogP contribution in [0, 0.1) is 11.3 Å². The zero-order valence-corrected chi connectivity index (χ0v) is 15.1. The van der Waals surface area contributed by atoms with E-state index in [9.17, 15) is 4.79 Å². The molecule has 0 unspecified atom stereocenters. The molecule has 24 heavy (non-hydrogen) atoms. The number of hydrogen-bond donors (Lipinski definition) is 1. The van der Waals surface area contributed by atoms with Gasteiger partial charge in [-0.2, -0.15) is 0 Å². The Morgan fingerprint density at radius 2 is 2.17 bits per heavy atom. The molecule has 0 fully saturated rings. The smallest absolute Gasteiger partial charge is 0.254 e. The number of ether oxygens (including phenoxy) is 2. The fourth-order valence-electron chi connectivity index (χ4n) is 4.28. The quantitative estimate of drug-likeness (QED) is 0.855. The number of hydrogen-bond acceptors (Lipinski definition) is 4. The molecule has 1 N–H and O–H groups in total. The number of amides is 1. The zero-order chi connectivity index (χ0) is 17.6. The number of aliphatic hydroxyl groups is 1. The maximum absolute atomic E-state index is 12.3. The largest absolute Gasteiger partial charge is 0.394 e. The first kappa shape index (κ1) is 17.4. The average molecular weight is 333 g/mol. The highest BCUT2D eigenvalue weighted by atomic mass is 16.5. The summed E-state index contributed by atoms with van der Waals surface area (Å²) in [4.78, 5) is 14.1. The van der Waals surface area contributed by atoms with Gasteiger partial charge in [0.25, 0.3) is 5.91 Å². The lowest BCUT2D eigenvalue weighted by Crippen LogP contribution is -2.49. The van der Waals surface area contributed by atoms with E-state index in [1.54, 1.807) is 12.0 Å². The summed E-state index contributed by atoms with van der Waals surface area (Å²) in [6.45, 7) is 6.63. The molecule has 0 saturated carbocycles. The van der Waals surface area contributed by atoms with Crippen LogP contribution in [0.5, 0.6) is 0 Å². The van der Waals surface area contributed by atoms with Crippen molar-refractivity contribution in [2.75, 3.05) is 27.4 Å². The van der Waals surface area contributed by atoms with Crippen LogP contribution in [0.4, 0.5) is 0 Å². The number of fused-ring (bicyclic) bond motifs is 2. The molecule has 5 nitrogen and oxygen atoms in total. The molecule has 0 bridgehead atoms. The van der Waals surface area contributed by atoms with Crippen LogP contribution in [0.15, 0.2) is 34.6 Å². The van der Waals surface area contributed by atoms with Crippen molar-refractivity contribution in [2.45, 2.75) is 39.4 Å². The third-order valence-corrected chi connectivity index (χ3v) is 6.08. The Hall–Kier alpha value is -1.43. The van der Waals surface area contributed by atoms with Gasteiger partial charge in [0.2, 0.25) is 0 Å². The molecule has 1 amide bonds. The Balaban J connectivity index is 2.06. The molecule has 0 radical (unpaired) electrons. The molecule has 4 atom stereocenters. The van der Waals surface area contributed by atoms with Gasteiger partial charge in [0.05, 0.1) is 19.3 Å². The fraction of sp³-hybridized carbons (Fsp3) is 0.632. The third kappa shape index (κ3) is 2.38. The van der Waals surface area contributed by atoms with Crippen LogP contribution >= 0.6 is 0 Å². The maximum atomic E-state index is 12.3. The summed E-state index contributed by atoms with van der Waals surface area (Å²) in [6.07, 6.45) is 4.82. The Bertz CT molecular complexity index is 648. The summed E-state index contributed by atoms with van der Waals surface area (Å²) >= 11 is 0. The molecule has 5 heteroatoms. The number of aliphatic hydroxyl groups excluding tert-OH is 1. The number of likely N-dealkylation sites (N-methyl/N-ethyl adjacent to an activating group) is 1. The molecule has 0 spiro atoms. The number of rotatable bonds is 4. The minimum absolute atomic E-state index is 0.000544. The van der Waals surface area contributed by atoms with Gasteiger partial charge in [0, 0.05) is 30.8 Å². The third-order valence-electron chi connectivity index (χ3n) is 6.08. The SMILES string of the molecule is CO[C@@H]1C=C2C=C3C(=C(C)C(=O)N3C)C[C@]2(C)[C@@H](C)[C@H]1OCCO. The maximum Gasteiger partial charge on any atom is 0.254 e. The molecule has 132 valence electrons. The van der Waals surface area contributed by atoms with Crippen LogP contribution < -0.4 is 0 Å². The molecular formula is C19H27NO4. The van der Waals surface area contributed by atoms with E-state index in [1.807, 2.05) is 14.0 Å². The molecular weight excluding hydrogens is 306 g/mol. The van der Waals surface area contributed by atoms with Crippen molar-refractivity contribution in [1.29, 1.82) is 0 Å². The highest BCUT2D eigenvalue weighted by Crippen LogP contribution is 2.54. The van der Waals surface area contributed by atoms with Crippen molar-refractivity contribution in [2.24, 2.45) is 11.3 Å². The minimum Gasteiger partial charge on any atom is -0.394 e. The molecule has 0 saturated heterocycles. The molecule has 0 aromatic carbocycles. The van der Waals surface area contributed by atoms with Crippen molar-refractivity contribution >= 4 is 5.91 Å². The topological polar surface area (TPSA) is 59.0 Å². The molecule has 3 aliphatic rings. The minimum atomic E-state index is -0.152. The number of carbonyl (C=O) groups excluding carboxylic acids is 1. The predicted molar refractivity (Wildman–Crippen MR) is 91.1 cm³/mol. The highest BCUT2D eigenvalue weighted by molar-refractivity contribution is 6.00. The van der Waals surface area contributed by atoms with E-state index >= 15 is 0 Å². The normalized spacial score (nSPS) is 35.7. The Kier molecular flexibility index (Phi) is 4.45. The second-order valence-corrected chi connectivity index (χ2v) is 7.26.